The molecule has 1 aromatic carbocycles. The number of nitrogen functional groups attached to an aromatic ring is 1. The van der Waals surface area contributed by atoms with Crippen LogP contribution in [-0.2, 0) is 9.53 Å². The molecule has 5 nitrogen and oxygen atoms in total. The molecule has 1 atom stereocenters. The Morgan fingerprint density at radius 2 is 2.22 bits per heavy atom. The highest BCUT2D eigenvalue weighted by Gasteiger charge is 2.07. The fourth-order valence-corrected chi connectivity index (χ4v) is 1.43. The standard InChI is InChI=1S/C13H20N2O3/c1-4-7-17-10(3)18-13-6-5-11(8-12(13)14)15-9(2)16/h5-6,8,10H,4,7,14H2,1-3H3,(H,15,16). The lowest BCUT2D eigenvalue weighted by atomic mass is 10.2. The monoisotopic (exact) mass is 252 g/mol. The second-order valence-electron chi connectivity index (χ2n) is 3.99. The summed E-state index contributed by atoms with van der Waals surface area (Å²) in [6.07, 6.45) is 0.587. The van der Waals surface area contributed by atoms with Gasteiger partial charge in [0.15, 0.2) is 6.29 Å². The summed E-state index contributed by atoms with van der Waals surface area (Å²) in [6.45, 7) is 5.94. The van der Waals surface area contributed by atoms with Gasteiger partial charge in [0.2, 0.25) is 5.91 Å². The Bertz CT molecular complexity index is 407. The molecule has 0 aliphatic rings. The first-order chi connectivity index (χ1) is 8.52. The van der Waals surface area contributed by atoms with Crippen LogP contribution in [0, 0.1) is 0 Å². The minimum Gasteiger partial charge on any atom is -0.463 e. The third-order valence-electron chi connectivity index (χ3n) is 2.18. The summed E-state index contributed by atoms with van der Waals surface area (Å²) in [4.78, 5) is 10.9. The average Bonchev–Trinajstić information content (AvgIpc) is 2.29. The molecule has 0 heterocycles. The minimum atomic E-state index is -0.348. The maximum absolute atomic E-state index is 10.9. The number of hydrogen-bond acceptors (Lipinski definition) is 4. The van der Waals surface area contributed by atoms with Gasteiger partial charge in [0.25, 0.3) is 0 Å². The van der Waals surface area contributed by atoms with Gasteiger partial charge < -0.3 is 20.5 Å². The Kier molecular flexibility index (Phi) is 5.45. The maximum Gasteiger partial charge on any atom is 0.221 e. The lowest BCUT2D eigenvalue weighted by Gasteiger charge is -2.16. The molecule has 0 aliphatic heterocycles. The molecular formula is C13H20N2O3. The molecular weight excluding hydrogens is 232 g/mol. The molecule has 0 saturated carbocycles. The molecule has 1 rings (SSSR count). The number of nitrogens with two attached hydrogens (primary N) is 1. The van der Waals surface area contributed by atoms with E-state index in [9.17, 15) is 4.79 Å². The molecule has 18 heavy (non-hydrogen) atoms. The van der Waals surface area contributed by atoms with Crippen molar-refractivity contribution in [3.05, 3.63) is 18.2 Å². The van der Waals surface area contributed by atoms with Gasteiger partial charge in [-0.3, -0.25) is 4.79 Å². The van der Waals surface area contributed by atoms with Crippen LogP contribution in [0.3, 0.4) is 0 Å². The van der Waals surface area contributed by atoms with Crippen molar-refractivity contribution in [2.45, 2.75) is 33.5 Å². The molecule has 0 aromatic heterocycles. The van der Waals surface area contributed by atoms with Crippen molar-refractivity contribution in [2.75, 3.05) is 17.7 Å². The number of hydrogen-bond donors (Lipinski definition) is 2. The minimum absolute atomic E-state index is 0.136. The van der Waals surface area contributed by atoms with Gasteiger partial charge in [0, 0.05) is 12.6 Å². The highest BCUT2D eigenvalue weighted by atomic mass is 16.7. The van der Waals surface area contributed by atoms with E-state index in [1.807, 2.05) is 13.8 Å². The third kappa shape index (κ3) is 4.63. The molecule has 100 valence electrons. The smallest absolute Gasteiger partial charge is 0.221 e. The predicted molar refractivity (Wildman–Crippen MR) is 71.5 cm³/mol. The van der Waals surface area contributed by atoms with Gasteiger partial charge in [-0.15, -0.1) is 0 Å². The molecule has 0 spiro atoms. The van der Waals surface area contributed by atoms with Gasteiger partial charge in [-0.05, 0) is 31.5 Å². The summed E-state index contributed by atoms with van der Waals surface area (Å²) in [6, 6.07) is 5.11. The molecule has 0 radical (unpaired) electrons. The van der Waals surface area contributed by atoms with Crippen LogP contribution < -0.4 is 15.8 Å². The highest BCUT2D eigenvalue weighted by Crippen LogP contribution is 2.26. The SMILES string of the molecule is CCCOC(C)Oc1ccc(NC(C)=O)cc1N. The maximum atomic E-state index is 10.9. The van der Waals surface area contributed by atoms with Crippen LogP contribution in [0.1, 0.15) is 27.2 Å². The lowest BCUT2D eigenvalue weighted by Crippen LogP contribution is -2.17. The molecule has 0 aliphatic carbocycles. The zero-order chi connectivity index (χ0) is 13.5. The summed E-state index contributed by atoms with van der Waals surface area (Å²) in [5.74, 6) is 0.412. The van der Waals surface area contributed by atoms with Crippen LogP contribution in [0.25, 0.3) is 0 Å². The third-order valence-corrected chi connectivity index (χ3v) is 2.18. The van der Waals surface area contributed by atoms with Crippen molar-refractivity contribution >= 4 is 17.3 Å². The first-order valence-corrected chi connectivity index (χ1v) is 5.98. The molecule has 1 unspecified atom stereocenters. The van der Waals surface area contributed by atoms with E-state index in [1.165, 1.54) is 6.92 Å². The van der Waals surface area contributed by atoms with Gasteiger partial charge in [-0.1, -0.05) is 6.92 Å². The Balaban J connectivity index is 2.64. The second-order valence-corrected chi connectivity index (χ2v) is 3.99. The van der Waals surface area contributed by atoms with E-state index in [0.29, 0.717) is 23.7 Å². The Morgan fingerprint density at radius 3 is 2.78 bits per heavy atom. The van der Waals surface area contributed by atoms with E-state index < -0.39 is 0 Å². The van der Waals surface area contributed by atoms with Crippen molar-refractivity contribution < 1.29 is 14.3 Å². The lowest BCUT2D eigenvalue weighted by molar-refractivity contribution is -0.114. The number of benzene rings is 1. The summed E-state index contributed by atoms with van der Waals surface area (Å²) in [5.41, 5.74) is 6.96. The molecule has 1 amide bonds. The molecule has 0 saturated heterocycles. The number of rotatable bonds is 6. The Labute approximate surface area is 107 Å². The predicted octanol–water partition coefficient (Wildman–Crippen LogP) is 2.38. The van der Waals surface area contributed by atoms with Crippen molar-refractivity contribution in [3.63, 3.8) is 0 Å². The second kappa shape index (κ2) is 6.86. The zero-order valence-electron chi connectivity index (χ0n) is 11.0. The van der Waals surface area contributed by atoms with Gasteiger partial charge >= 0.3 is 0 Å². The van der Waals surface area contributed by atoms with Gasteiger partial charge in [-0.2, -0.15) is 0 Å². The fourth-order valence-electron chi connectivity index (χ4n) is 1.43. The van der Waals surface area contributed by atoms with E-state index >= 15 is 0 Å². The quantitative estimate of drug-likeness (QED) is 0.602. The summed E-state index contributed by atoms with van der Waals surface area (Å²) >= 11 is 0. The first-order valence-electron chi connectivity index (χ1n) is 5.98. The van der Waals surface area contributed by atoms with Crippen LogP contribution in [0.4, 0.5) is 11.4 Å². The normalized spacial score (nSPS) is 11.9. The van der Waals surface area contributed by atoms with Gasteiger partial charge in [0.05, 0.1) is 12.3 Å². The number of anilines is 2. The number of ether oxygens (including phenoxy) is 2. The molecule has 1 aromatic rings. The van der Waals surface area contributed by atoms with Crippen LogP contribution in [-0.4, -0.2) is 18.8 Å². The van der Waals surface area contributed by atoms with Crippen molar-refractivity contribution in [1.82, 2.24) is 0 Å². The van der Waals surface area contributed by atoms with Crippen molar-refractivity contribution in [3.8, 4) is 5.75 Å². The Morgan fingerprint density at radius 1 is 1.50 bits per heavy atom. The van der Waals surface area contributed by atoms with E-state index in [0.717, 1.165) is 6.42 Å². The van der Waals surface area contributed by atoms with Crippen molar-refractivity contribution in [1.29, 1.82) is 0 Å². The summed E-state index contributed by atoms with van der Waals surface area (Å²) in [5, 5.41) is 2.65. The summed E-state index contributed by atoms with van der Waals surface area (Å²) in [7, 11) is 0. The summed E-state index contributed by atoms with van der Waals surface area (Å²) < 4.78 is 10.9. The molecule has 5 heteroatoms. The van der Waals surface area contributed by atoms with E-state index in [-0.39, 0.29) is 12.2 Å². The number of nitrogens with one attached hydrogen (secondary N) is 1. The number of carbonyl (C=O) groups is 1. The van der Waals surface area contributed by atoms with E-state index in [1.54, 1.807) is 18.2 Å². The number of carbonyl (C=O) groups excluding carboxylic acids is 1. The van der Waals surface area contributed by atoms with Gasteiger partial charge in [-0.25, -0.2) is 0 Å². The largest absolute Gasteiger partial charge is 0.463 e. The molecule has 0 bridgehead atoms. The highest BCUT2D eigenvalue weighted by molar-refractivity contribution is 5.89. The van der Waals surface area contributed by atoms with E-state index in [4.69, 9.17) is 15.2 Å². The fraction of sp³-hybridized carbons (Fsp3) is 0.462. The van der Waals surface area contributed by atoms with Crippen molar-refractivity contribution in [2.24, 2.45) is 0 Å². The van der Waals surface area contributed by atoms with E-state index in [2.05, 4.69) is 5.32 Å². The van der Waals surface area contributed by atoms with Crippen LogP contribution in [0.15, 0.2) is 18.2 Å². The van der Waals surface area contributed by atoms with Crippen LogP contribution in [0.5, 0.6) is 5.75 Å². The molecule has 0 fully saturated rings. The van der Waals surface area contributed by atoms with Crippen LogP contribution >= 0.6 is 0 Å². The van der Waals surface area contributed by atoms with Gasteiger partial charge in [0.1, 0.15) is 5.75 Å². The Hall–Kier alpha value is -1.75. The van der Waals surface area contributed by atoms with Crippen LogP contribution in [0.2, 0.25) is 0 Å². The zero-order valence-corrected chi connectivity index (χ0v) is 11.0. The first kappa shape index (κ1) is 14.3. The topological polar surface area (TPSA) is 73.6 Å². The number of amides is 1. The average molecular weight is 252 g/mol. The molecule has 3 N–H and O–H groups in total.